The third-order valence-corrected chi connectivity index (χ3v) is 5.85. The minimum Gasteiger partial charge on any atom is -0.497 e. The zero-order valence-corrected chi connectivity index (χ0v) is 16.5. The minimum absolute atomic E-state index is 0.0507. The Morgan fingerprint density at radius 1 is 1.27 bits per heavy atom. The predicted octanol–water partition coefficient (Wildman–Crippen LogP) is 4.08. The van der Waals surface area contributed by atoms with E-state index in [2.05, 4.69) is 10.4 Å². The normalized spacial score (nSPS) is 10.5. The van der Waals surface area contributed by atoms with Crippen molar-refractivity contribution in [3.05, 3.63) is 64.1 Å². The zero-order chi connectivity index (χ0) is 18.4. The number of aromatic nitrogens is 2. The maximum Gasteiger partial charge on any atom is 0.230 e. The van der Waals surface area contributed by atoms with Crippen LogP contribution in [0.3, 0.4) is 0 Å². The Kier molecular flexibility index (Phi) is 6.43. The Labute approximate surface area is 165 Å². The quantitative estimate of drug-likeness (QED) is 0.476. The number of rotatable bonds is 7. The van der Waals surface area contributed by atoms with E-state index < -0.39 is 0 Å². The van der Waals surface area contributed by atoms with Gasteiger partial charge in [0.2, 0.25) is 5.91 Å². The summed E-state index contributed by atoms with van der Waals surface area (Å²) in [4.78, 5) is 12.1. The van der Waals surface area contributed by atoms with E-state index in [0.717, 1.165) is 21.3 Å². The van der Waals surface area contributed by atoms with Crippen LogP contribution in [0.2, 0.25) is 0 Å². The zero-order valence-electron chi connectivity index (χ0n) is 14.0. The molecular formula is C18H17N3O2S3. The van der Waals surface area contributed by atoms with Crippen LogP contribution in [0.15, 0.2) is 58.9 Å². The maximum absolute atomic E-state index is 12.1. The molecule has 0 aliphatic rings. The van der Waals surface area contributed by atoms with Crippen LogP contribution in [0.4, 0.5) is 0 Å². The molecule has 5 nitrogen and oxygen atoms in total. The number of carbonyl (C=O) groups is 1. The van der Waals surface area contributed by atoms with Gasteiger partial charge in [-0.15, -0.1) is 5.10 Å². The molecule has 0 bridgehead atoms. The summed E-state index contributed by atoms with van der Waals surface area (Å²) in [6.07, 6.45) is 0. The number of para-hydroxylation sites is 1. The Balaban J connectivity index is 1.54. The molecule has 1 N–H and O–H groups in total. The van der Waals surface area contributed by atoms with Gasteiger partial charge in [0.05, 0.1) is 18.6 Å². The average molecular weight is 404 g/mol. The SMILES string of the molecule is COc1cccc(CNC(=O)CSc2nn(-c3ccccc3)c(=S)s2)c1. The third-order valence-electron chi connectivity index (χ3n) is 3.48. The summed E-state index contributed by atoms with van der Waals surface area (Å²) in [6.45, 7) is 0.463. The summed E-state index contributed by atoms with van der Waals surface area (Å²) in [5, 5.41) is 7.39. The summed E-state index contributed by atoms with van der Waals surface area (Å²) in [7, 11) is 1.62. The molecule has 3 aromatic rings. The third kappa shape index (κ3) is 4.94. The molecule has 1 amide bonds. The van der Waals surface area contributed by atoms with Gasteiger partial charge in [-0.05, 0) is 42.0 Å². The largest absolute Gasteiger partial charge is 0.497 e. The lowest BCUT2D eigenvalue weighted by atomic mass is 10.2. The van der Waals surface area contributed by atoms with Crippen molar-refractivity contribution in [2.45, 2.75) is 10.9 Å². The predicted molar refractivity (Wildman–Crippen MR) is 108 cm³/mol. The highest BCUT2D eigenvalue weighted by Gasteiger charge is 2.09. The van der Waals surface area contributed by atoms with Gasteiger partial charge in [-0.1, -0.05) is 53.4 Å². The van der Waals surface area contributed by atoms with E-state index in [1.807, 2.05) is 54.6 Å². The van der Waals surface area contributed by atoms with Crippen molar-refractivity contribution in [3.8, 4) is 11.4 Å². The fourth-order valence-corrected chi connectivity index (χ4v) is 4.40. The highest BCUT2D eigenvalue weighted by Crippen LogP contribution is 2.23. The smallest absolute Gasteiger partial charge is 0.230 e. The number of carbonyl (C=O) groups excluding carboxylic acids is 1. The summed E-state index contributed by atoms with van der Waals surface area (Å²) in [6, 6.07) is 17.3. The van der Waals surface area contributed by atoms with Gasteiger partial charge in [0.15, 0.2) is 8.29 Å². The van der Waals surface area contributed by atoms with Crippen LogP contribution in [-0.4, -0.2) is 28.6 Å². The topological polar surface area (TPSA) is 56.1 Å². The lowest BCUT2D eigenvalue weighted by Crippen LogP contribution is -2.24. The number of methoxy groups -OCH3 is 1. The van der Waals surface area contributed by atoms with Crippen molar-refractivity contribution in [1.29, 1.82) is 0 Å². The minimum atomic E-state index is -0.0507. The van der Waals surface area contributed by atoms with Crippen LogP contribution in [0.1, 0.15) is 5.56 Å². The number of benzene rings is 2. The van der Waals surface area contributed by atoms with Crippen molar-refractivity contribution in [2.75, 3.05) is 12.9 Å². The van der Waals surface area contributed by atoms with E-state index in [9.17, 15) is 4.79 Å². The molecule has 1 heterocycles. The first-order valence-corrected chi connectivity index (χ1v) is 10.0. The molecule has 0 saturated carbocycles. The van der Waals surface area contributed by atoms with Gasteiger partial charge in [0, 0.05) is 6.54 Å². The summed E-state index contributed by atoms with van der Waals surface area (Å²) in [5.41, 5.74) is 1.91. The Bertz CT molecular complexity index is 938. The first-order chi connectivity index (χ1) is 12.7. The summed E-state index contributed by atoms with van der Waals surface area (Å²) in [5.74, 6) is 1.02. The highest BCUT2D eigenvalue weighted by atomic mass is 32.2. The highest BCUT2D eigenvalue weighted by molar-refractivity contribution is 8.01. The first-order valence-electron chi connectivity index (χ1n) is 7.84. The molecule has 0 aliphatic carbocycles. The molecule has 0 atom stereocenters. The van der Waals surface area contributed by atoms with E-state index in [-0.39, 0.29) is 5.91 Å². The van der Waals surface area contributed by atoms with Crippen molar-refractivity contribution in [2.24, 2.45) is 0 Å². The Morgan fingerprint density at radius 3 is 2.85 bits per heavy atom. The van der Waals surface area contributed by atoms with Crippen molar-refractivity contribution in [3.63, 3.8) is 0 Å². The number of hydrogen-bond acceptors (Lipinski definition) is 6. The van der Waals surface area contributed by atoms with E-state index in [4.69, 9.17) is 17.0 Å². The van der Waals surface area contributed by atoms with Crippen molar-refractivity contribution >= 4 is 41.2 Å². The number of thioether (sulfide) groups is 1. The molecule has 0 spiro atoms. The Hall–Kier alpha value is -2.16. The number of amides is 1. The molecule has 0 saturated heterocycles. The van der Waals surface area contributed by atoms with E-state index in [0.29, 0.717) is 16.3 Å². The van der Waals surface area contributed by atoms with Gasteiger partial charge in [-0.3, -0.25) is 4.79 Å². The lowest BCUT2D eigenvalue weighted by molar-refractivity contribution is -0.118. The standard InChI is InChI=1S/C18H17N3O2S3/c1-23-15-9-5-6-13(10-15)11-19-16(22)12-25-17-20-21(18(24)26-17)14-7-3-2-4-8-14/h2-10H,11-12H2,1H3,(H,19,22). The molecule has 134 valence electrons. The van der Waals surface area contributed by atoms with Gasteiger partial charge in [-0.2, -0.15) is 0 Å². The van der Waals surface area contributed by atoms with Crippen LogP contribution in [0.25, 0.3) is 5.69 Å². The second-order valence-corrected chi connectivity index (χ2v) is 8.14. The van der Waals surface area contributed by atoms with Crippen LogP contribution >= 0.6 is 35.3 Å². The molecule has 0 radical (unpaired) electrons. The number of nitrogens with one attached hydrogen (secondary N) is 1. The first kappa shape index (κ1) is 18.6. The van der Waals surface area contributed by atoms with Crippen LogP contribution in [-0.2, 0) is 11.3 Å². The second kappa shape index (κ2) is 8.98. The van der Waals surface area contributed by atoms with Gasteiger partial charge in [-0.25, -0.2) is 4.68 Å². The molecule has 3 rings (SSSR count). The average Bonchev–Trinajstić information content (AvgIpc) is 3.06. The lowest BCUT2D eigenvalue weighted by Gasteiger charge is -2.06. The monoisotopic (exact) mass is 403 g/mol. The van der Waals surface area contributed by atoms with E-state index >= 15 is 0 Å². The fraction of sp³-hybridized carbons (Fsp3) is 0.167. The van der Waals surface area contributed by atoms with Crippen LogP contribution in [0, 0.1) is 3.95 Å². The molecular weight excluding hydrogens is 386 g/mol. The second-order valence-electron chi connectivity index (χ2n) is 5.30. The fourth-order valence-electron chi connectivity index (χ4n) is 2.21. The molecule has 8 heteroatoms. The molecule has 0 fully saturated rings. The van der Waals surface area contributed by atoms with Gasteiger partial charge < -0.3 is 10.1 Å². The van der Waals surface area contributed by atoms with Crippen molar-refractivity contribution in [1.82, 2.24) is 15.1 Å². The number of ether oxygens (including phenoxy) is 1. The summed E-state index contributed by atoms with van der Waals surface area (Å²) >= 11 is 8.15. The molecule has 0 aliphatic heterocycles. The van der Waals surface area contributed by atoms with E-state index in [1.54, 1.807) is 11.8 Å². The maximum atomic E-state index is 12.1. The molecule has 1 aromatic heterocycles. The van der Waals surface area contributed by atoms with Crippen LogP contribution in [0.5, 0.6) is 5.75 Å². The van der Waals surface area contributed by atoms with Gasteiger partial charge >= 0.3 is 0 Å². The van der Waals surface area contributed by atoms with E-state index in [1.165, 1.54) is 23.1 Å². The van der Waals surface area contributed by atoms with Gasteiger partial charge in [0.1, 0.15) is 5.75 Å². The number of nitrogens with zero attached hydrogens (tertiary/aromatic N) is 2. The number of hydrogen-bond donors (Lipinski definition) is 1. The molecule has 2 aromatic carbocycles. The van der Waals surface area contributed by atoms with Crippen LogP contribution < -0.4 is 10.1 Å². The Morgan fingerprint density at radius 2 is 2.08 bits per heavy atom. The molecule has 26 heavy (non-hydrogen) atoms. The van der Waals surface area contributed by atoms with Crippen molar-refractivity contribution < 1.29 is 9.53 Å². The molecule has 0 unspecified atom stereocenters. The van der Waals surface area contributed by atoms with Gasteiger partial charge in [0.25, 0.3) is 0 Å². The summed E-state index contributed by atoms with van der Waals surface area (Å²) < 4.78 is 8.34.